The quantitative estimate of drug-likeness (QED) is 0.321. The molecule has 0 radical (unpaired) electrons. The molecule has 0 unspecified atom stereocenters. The summed E-state index contributed by atoms with van der Waals surface area (Å²) in [6.07, 6.45) is 1.55. The van der Waals surface area contributed by atoms with Gasteiger partial charge in [-0.3, -0.25) is 9.59 Å². The molecule has 0 aliphatic rings. The minimum absolute atomic E-state index is 0.0516. The van der Waals surface area contributed by atoms with Crippen LogP contribution in [-0.4, -0.2) is 25.1 Å². The van der Waals surface area contributed by atoms with E-state index in [0.29, 0.717) is 21.9 Å². The fourth-order valence-corrected chi connectivity index (χ4v) is 4.96. The molecule has 2 aromatic heterocycles. The van der Waals surface area contributed by atoms with Crippen LogP contribution in [0.5, 0.6) is 5.75 Å². The van der Waals surface area contributed by atoms with Gasteiger partial charge in [-0.1, -0.05) is 18.2 Å². The zero-order valence-electron chi connectivity index (χ0n) is 18.7. The molecule has 0 fully saturated rings. The number of hydrogen-bond donors (Lipinski definition) is 1. The molecule has 2 aromatic carbocycles. The average Bonchev–Trinajstić information content (AvgIpc) is 3.53. The molecule has 2 heterocycles. The highest BCUT2D eigenvalue weighted by atomic mass is 32.2. The Kier molecular flexibility index (Phi) is 7.33. The zero-order valence-corrected chi connectivity index (χ0v) is 20.3. The van der Waals surface area contributed by atoms with Gasteiger partial charge in [-0.25, -0.2) is 0 Å². The minimum atomic E-state index is -4.10. The number of thiophene rings is 1. The van der Waals surface area contributed by atoms with Crippen molar-refractivity contribution in [2.45, 2.75) is 24.9 Å². The van der Waals surface area contributed by atoms with Gasteiger partial charge in [0.1, 0.15) is 16.4 Å². The highest BCUT2D eigenvalue weighted by Crippen LogP contribution is 2.23. The number of carbonyl (C=O) groups excluding carboxylic acids is 2. The summed E-state index contributed by atoms with van der Waals surface area (Å²) in [6, 6.07) is 19.4. The van der Waals surface area contributed by atoms with E-state index in [-0.39, 0.29) is 35.5 Å². The van der Waals surface area contributed by atoms with Gasteiger partial charge in [0.2, 0.25) is 5.91 Å². The van der Waals surface area contributed by atoms with E-state index in [1.165, 1.54) is 48.6 Å². The predicted molar refractivity (Wildman–Crippen MR) is 132 cm³/mol. The van der Waals surface area contributed by atoms with Crippen molar-refractivity contribution in [2.75, 3.05) is 5.32 Å². The molecule has 180 valence electrons. The van der Waals surface area contributed by atoms with Crippen LogP contribution in [0.25, 0.3) is 0 Å². The summed E-state index contributed by atoms with van der Waals surface area (Å²) in [5, 5.41) is 4.41. The molecule has 8 nitrogen and oxygen atoms in total. The third-order valence-electron chi connectivity index (χ3n) is 4.89. The van der Waals surface area contributed by atoms with E-state index in [0.717, 1.165) is 0 Å². The highest BCUT2D eigenvalue weighted by Gasteiger charge is 2.20. The standard InChI is InChI=1S/C25H22N2O6S2/c1-18(28)26-20-9-11-23(12-10-20)35(30,31)33-21-6-2-5-19(15-21)16-27(17-22-7-3-13-32-22)25(29)24-8-4-14-34-24/h2-15H,16-17H2,1H3,(H,26,28). The lowest BCUT2D eigenvalue weighted by molar-refractivity contribution is -0.114. The molecule has 0 saturated carbocycles. The smallest absolute Gasteiger partial charge is 0.339 e. The zero-order chi connectivity index (χ0) is 24.8. The Hall–Kier alpha value is -3.89. The van der Waals surface area contributed by atoms with Gasteiger partial charge in [0.15, 0.2) is 0 Å². The van der Waals surface area contributed by atoms with E-state index < -0.39 is 10.1 Å². The van der Waals surface area contributed by atoms with Crippen molar-refractivity contribution in [2.24, 2.45) is 0 Å². The number of rotatable bonds is 9. The van der Waals surface area contributed by atoms with Crippen molar-refractivity contribution < 1.29 is 26.6 Å². The van der Waals surface area contributed by atoms with Crippen LogP contribution in [0.15, 0.2) is 93.8 Å². The van der Waals surface area contributed by atoms with Crippen LogP contribution in [0.4, 0.5) is 5.69 Å². The second-order valence-electron chi connectivity index (χ2n) is 7.61. The number of nitrogens with zero attached hydrogens (tertiary/aromatic N) is 1. The monoisotopic (exact) mass is 510 g/mol. The Morgan fingerprint density at radius 2 is 1.80 bits per heavy atom. The van der Waals surface area contributed by atoms with E-state index >= 15 is 0 Å². The van der Waals surface area contributed by atoms with Crippen LogP contribution < -0.4 is 9.50 Å². The van der Waals surface area contributed by atoms with E-state index in [4.69, 9.17) is 8.60 Å². The molecule has 0 spiro atoms. The lowest BCUT2D eigenvalue weighted by Gasteiger charge is -2.21. The molecule has 0 saturated heterocycles. The summed E-state index contributed by atoms with van der Waals surface area (Å²) in [4.78, 5) is 26.4. The van der Waals surface area contributed by atoms with Crippen LogP contribution in [0, 0.1) is 0 Å². The molecule has 1 N–H and O–H groups in total. The number of benzene rings is 2. The first-order valence-electron chi connectivity index (χ1n) is 10.6. The second kappa shape index (κ2) is 10.6. The molecule has 4 aromatic rings. The van der Waals surface area contributed by atoms with Gasteiger partial charge in [0, 0.05) is 19.2 Å². The Bertz CT molecular complexity index is 1400. The molecule has 4 rings (SSSR count). The third-order valence-corrected chi connectivity index (χ3v) is 7.01. The molecular formula is C25H22N2O6S2. The van der Waals surface area contributed by atoms with E-state index in [1.54, 1.807) is 47.6 Å². The number of carbonyl (C=O) groups is 2. The summed E-state index contributed by atoms with van der Waals surface area (Å²) in [5.41, 5.74) is 1.17. The molecule has 10 heteroatoms. The van der Waals surface area contributed by atoms with Gasteiger partial charge in [-0.15, -0.1) is 11.3 Å². The van der Waals surface area contributed by atoms with Crippen LogP contribution in [-0.2, 0) is 28.0 Å². The topological polar surface area (TPSA) is 106 Å². The highest BCUT2D eigenvalue weighted by molar-refractivity contribution is 7.87. The summed E-state index contributed by atoms with van der Waals surface area (Å²) in [7, 11) is -4.10. The molecule has 35 heavy (non-hydrogen) atoms. The van der Waals surface area contributed by atoms with Crippen LogP contribution in [0.2, 0.25) is 0 Å². The fraction of sp³-hybridized carbons (Fsp3) is 0.120. The fourth-order valence-electron chi connectivity index (χ4n) is 3.35. The van der Waals surface area contributed by atoms with Gasteiger partial charge >= 0.3 is 10.1 Å². The van der Waals surface area contributed by atoms with Crippen molar-refractivity contribution in [3.8, 4) is 5.75 Å². The lowest BCUT2D eigenvalue weighted by atomic mass is 10.2. The normalized spacial score (nSPS) is 11.1. The first-order chi connectivity index (χ1) is 16.8. The number of amides is 2. The average molecular weight is 511 g/mol. The van der Waals surface area contributed by atoms with Gasteiger partial charge in [0.25, 0.3) is 5.91 Å². The predicted octanol–water partition coefficient (Wildman–Crippen LogP) is 4.91. The number of hydrogen-bond acceptors (Lipinski definition) is 7. The van der Waals surface area contributed by atoms with Gasteiger partial charge in [-0.05, 0) is 65.5 Å². The number of furan rings is 1. The SMILES string of the molecule is CC(=O)Nc1ccc(S(=O)(=O)Oc2cccc(CN(Cc3ccco3)C(=O)c3cccs3)c2)cc1. The summed E-state index contributed by atoms with van der Waals surface area (Å²) < 4.78 is 36.3. The molecule has 0 atom stereocenters. The van der Waals surface area contributed by atoms with Crippen molar-refractivity contribution in [1.82, 2.24) is 4.90 Å². The molecule has 0 aliphatic heterocycles. The Labute approximate surface area is 206 Å². The van der Waals surface area contributed by atoms with Crippen molar-refractivity contribution in [1.29, 1.82) is 0 Å². The Balaban J connectivity index is 1.51. The van der Waals surface area contributed by atoms with E-state index in [2.05, 4.69) is 5.32 Å². The van der Waals surface area contributed by atoms with E-state index in [9.17, 15) is 18.0 Å². The first-order valence-corrected chi connectivity index (χ1v) is 12.9. The maximum Gasteiger partial charge on any atom is 0.339 e. The first kappa shape index (κ1) is 24.2. The maximum atomic E-state index is 13.1. The Morgan fingerprint density at radius 1 is 1.00 bits per heavy atom. The van der Waals surface area contributed by atoms with Crippen LogP contribution in [0.1, 0.15) is 27.9 Å². The van der Waals surface area contributed by atoms with Crippen LogP contribution >= 0.6 is 11.3 Å². The van der Waals surface area contributed by atoms with Crippen LogP contribution in [0.3, 0.4) is 0 Å². The largest absolute Gasteiger partial charge is 0.467 e. The lowest BCUT2D eigenvalue weighted by Crippen LogP contribution is -2.29. The third kappa shape index (κ3) is 6.37. The minimum Gasteiger partial charge on any atom is -0.467 e. The number of anilines is 1. The van der Waals surface area contributed by atoms with Crippen molar-refractivity contribution in [3.63, 3.8) is 0 Å². The van der Waals surface area contributed by atoms with Crippen molar-refractivity contribution in [3.05, 3.63) is 101 Å². The summed E-state index contributed by atoms with van der Waals surface area (Å²) >= 11 is 1.35. The molecular weight excluding hydrogens is 488 g/mol. The van der Waals surface area contributed by atoms with Crippen molar-refractivity contribution >= 4 is 39.0 Å². The van der Waals surface area contributed by atoms with Gasteiger partial charge in [-0.2, -0.15) is 8.42 Å². The molecule has 0 bridgehead atoms. The van der Waals surface area contributed by atoms with Gasteiger partial charge < -0.3 is 18.8 Å². The Morgan fingerprint density at radius 3 is 2.46 bits per heavy atom. The molecule has 2 amide bonds. The molecule has 0 aliphatic carbocycles. The maximum absolute atomic E-state index is 13.1. The second-order valence-corrected chi connectivity index (χ2v) is 10.1. The summed E-state index contributed by atoms with van der Waals surface area (Å²) in [5.74, 6) is 0.337. The van der Waals surface area contributed by atoms with E-state index in [1.807, 2.05) is 11.4 Å². The van der Waals surface area contributed by atoms with Gasteiger partial charge in [0.05, 0.1) is 17.7 Å². The summed E-state index contributed by atoms with van der Waals surface area (Å²) in [6.45, 7) is 1.85. The number of nitrogens with one attached hydrogen (secondary N) is 1.